The van der Waals surface area contributed by atoms with Crippen molar-refractivity contribution in [1.82, 2.24) is 5.32 Å². The fourth-order valence-corrected chi connectivity index (χ4v) is 4.00. The number of sulfonamides is 1. The number of anilines is 2. The zero-order chi connectivity index (χ0) is 20.9. The second kappa shape index (κ2) is 8.93. The molecule has 0 bridgehead atoms. The number of carbonyl (C=O) groups excluding carboxylic acids is 1. The van der Waals surface area contributed by atoms with E-state index in [1.54, 1.807) is 48.7 Å². The van der Waals surface area contributed by atoms with Crippen LogP contribution in [0, 0.1) is 0 Å². The van der Waals surface area contributed by atoms with Gasteiger partial charge in [0.2, 0.25) is 5.91 Å². The Morgan fingerprint density at radius 2 is 1.83 bits per heavy atom. The minimum Gasteiger partial charge on any atom is -0.468 e. The number of nitrogens with one attached hydrogen (secondary N) is 2. The van der Waals surface area contributed by atoms with E-state index in [4.69, 9.17) is 4.42 Å². The van der Waals surface area contributed by atoms with E-state index in [0.717, 1.165) is 5.76 Å². The average molecular weight is 413 g/mol. The Labute approximate surface area is 170 Å². The van der Waals surface area contributed by atoms with Gasteiger partial charge in [-0.1, -0.05) is 24.3 Å². The first-order valence-corrected chi connectivity index (χ1v) is 10.5. The average Bonchev–Trinajstić information content (AvgIpc) is 3.27. The van der Waals surface area contributed by atoms with Crippen LogP contribution in [0.3, 0.4) is 0 Å². The van der Waals surface area contributed by atoms with Gasteiger partial charge in [-0.3, -0.25) is 14.4 Å². The molecule has 2 N–H and O–H groups in total. The summed E-state index contributed by atoms with van der Waals surface area (Å²) in [5, 5.41) is 5.78. The normalized spacial score (nSPS) is 12.3. The zero-order valence-electron chi connectivity index (χ0n) is 16.2. The van der Waals surface area contributed by atoms with Gasteiger partial charge >= 0.3 is 0 Å². The summed E-state index contributed by atoms with van der Waals surface area (Å²) in [5.74, 6) is 0.448. The lowest BCUT2D eigenvalue weighted by atomic mass is 10.2. The molecule has 1 amide bonds. The van der Waals surface area contributed by atoms with Crippen LogP contribution >= 0.6 is 0 Å². The molecule has 0 aliphatic heterocycles. The summed E-state index contributed by atoms with van der Waals surface area (Å²) in [4.78, 5) is 12.3. The minimum absolute atomic E-state index is 0.0583. The molecule has 3 aromatic rings. The van der Waals surface area contributed by atoms with Gasteiger partial charge in [-0.25, -0.2) is 8.42 Å². The Hall–Kier alpha value is -3.10. The van der Waals surface area contributed by atoms with Crippen molar-refractivity contribution in [3.05, 3.63) is 78.8 Å². The van der Waals surface area contributed by atoms with Crippen molar-refractivity contribution in [3.8, 4) is 0 Å². The van der Waals surface area contributed by atoms with Crippen LogP contribution in [0.15, 0.2) is 82.3 Å². The highest BCUT2D eigenvalue weighted by Gasteiger charge is 2.21. The fourth-order valence-electron chi connectivity index (χ4n) is 2.76. The fraction of sp³-hybridized carbons (Fsp3) is 0.190. The van der Waals surface area contributed by atoms with E-state index >= 15 is 0 Å². The third kappa shape index (κ3) is 5.04. The summed E-state index contributed by atoms with van der Waals surface area (Å²) in [6.07, 6.45) is 1.58. The Balaban J connectivity index is 1.66. The number of hydrogen-bond donors (Lipinski definition) is 2. The van der Waals surface area contributed by atoms with Crippen molar-refractivity contribution < 1.29 is 17.6 Å². The first-order chi connectivity index (χ1) is 13.9. The zero-order valence-corrected chi connectivity index (χ0v) is 17.0. The third-order valence-corrected chi connectivity index (χ3v) is 6.22. The van der Waals surface area contributed by atoms with E-state index in [0.29, 0.717) is 11.4 Å². The lowest BCUT2D eigenvalue weighted by molar-refractivity contribution is -0.115. The monoisotopic (exact) mass is 413 g/mol. The maximum atomic E-state index is 12.9. The van der Waals surface area contributed by atoms with Gasteiger partial charge in [-0.15, -0.1) is 0 Å². The molecule has 2 aromatic carbocycles. The third-order valence-electron chi connectivity index (χ3n) is 4.43. The van der Waals surface area contributed by atoms with Gasteiger partial charge in [0.25, 0.3) is 10.0 Å². The summed E-state index contributed by atoms with van der Waals surface area (Å²) in [6.45, 7) is 1.95. The molecule has 0 saturated heterocycles. The molecule has 0 radical (unpaired) electrons. The molecule has 152 valence electrons. The summed E-state index contributed by atoms with van der Waals surface area (Å²) < 4.78 is 32.3. The molecule has 0 unspecified atom stereocenters. The molecule has 8 heteroatoms. The van der Waals surface area contributed by atoms with Gasteiger partial charge in [-0.2, -0.15) is 0 Å². The summed E-state index contributed by atoms with van der Waals surface area (Å²) in [7, 11) is -2.26. The quantitative estimate of drug-likeness (QED) is 0.591. The lowest BCUT2D eigenvalue weighted by Gasteiger charge is -2.20. The Morgan fingerprint density at radius 3 is 2.52 bits per heavy atom. The number of rotatable bonds is 8. The molecule has 0 aliphatic carbocycles. The molecule has 1 heterocycles. The molecule has 1 aromatic heterocycles. The SMILES string of the molecule is C[C@H](NCC(=O)Nc1cccc(S(=O)(=O)N(C)c2ccccc2)c1)c1ccco1. The predicted molar refractivity (Wildman–Crippen MR) is 112 cm³/mol. The molecule has 3 rings (SSSR count). The Morgan fingerprint density at radius 1 is 1.07 bits per heavy atom. The van der Waals surface area contributed by atoms with Crippen LogP contribution in [0.25, 0.3) is 0 Å². The molecule has 1 atom stereocenters. The first-order valence-electron chi connectivity index (χ1n) is 9.08. The van der Waals surface area contributed by atoms with E-state index in [1.165, 1.54) is 23.5 Å². The largest absolute Gasteiger partial charge is 0.468 e. The van der Waals surface area contributed by atoms with Crippen molar-refractivity contribution in [1.29, 1.82) is 0 Å². The standard InChI is InChI=1S/C21H23N3O4S/c1-16(20-12-7-13-28-20)22-15-21(25)23-17-8-6-11-19(14-17)29(26,27)24(2)18-9-4-3-5-10-18/h3-14,16,22H,15H2,1-2H3,(H,23,25)/t16-/m0/s1. The second-order valence-corrected chi connectivity index (χ2v) is 8.47. The molecule has 0 aliphatic rings. The van der Waals surface area contributed by atoms with E-state index in [-0.39, 0.29) is 23.4 Å². The number of furan rings is 1. The van der Waals surface area contributed by atoms with Crippen LogP contribution in [0.4, 0.5) is 11.4 Å². The van der Waals surface area contributed by atoms with Gasteiger partial charge in [0.1, 0.15) is 5.76 Å². The van der Waals surface area contributed by atoms with Crippen LogP contribution < -0.4 is 14.9 Å². The van der Waals surface area contributed by atoms with Crippen LogP contribution in [0.5, 0.6) is 0 Å². The van der Waals surface area contributed by atoms with Gasteiger partial charge in [0.05, 0.1) is 29.4 Å². The number of hydrogen-bond acceptors (Lipinski definition) is 5. The number of benzene rings is 2. The topological polar surface area (TPSA) is 91.7 Å². The highest BCUT2D eigenvalue weighted by Crippen LogP contribution is 2.23. The molecular weight excluding hydrogens is 390 g/mol. The van der Waals surface area contributed by atoms with Gasteiger partial charge < -0.3 is 9.73 Å². The molecule has 0 spiro atoms. The number of carbonyl (C=O) groups is 1. The highest BCUT2D eigenvalue weighted by molar-refractivity contribution is 7.92. The van der Waals surface area contributed by atoms with Gasteiger partial charge in [0.15, 0.2) is 0 Å². The van der Waals surface area contributed by atoms with Crippen molar-refractivity contribution in [2.75, 3.05) is 23.2 Å². The van der Waals surface area contributed by atoms with Crippen LogP contribution in [0.1, 0.15) is 18.7 Å². The van der Waals surface area contributed by atoms with Crippen molar-refractivity contribution in [2.45, 2.75) is 17.9 Å². The van der Waals surface area contributed by atoms with E-state index in [9.17, 15) is 13.2 Å². The maximum absolute atomic E-state index is 12.9. The Kier molecular flexibility index (Phi) is 6.36. The maximum Gasteiger partial charge on any atom is 0.264 e. The number of amides is 1. The first kappa shape index (κ1) is 20.6. The van der Waals surface area contributed by atoms with Crippen molar-refractivity contribution in [2.24, 2.45) is 0 Å². The minimum atomic E-state index is -3.75. The molecular formula is C21H23N3O4S. The van der Waals surface area contributed by atoms with Crippen LogP contribution in [0.2, 0.25) is 0 Å². The van der Waals surface area contributed by atoms with Crippen molar-refractivity contribution >= 4 is 27.3 Å². The van der Waals surface area contributed by atoms with E-state index < -0.39 is 10.0 Å². The second-order valence-electron chi connectivity index (χ2n) is 6.50. The summed E-state index contributed by atoms with van der Waals surface area (Å²) in [5.41, 5.74) is 0.961. The lowest BCUT2D eigenvalue weighted by Crippen LogP contribution is -2.30. The summed E-state index contributed by atoms with van der Waals surface area (Å²) >= 11 is 0. The number of para-hydroxylation sites is 1. The van der Waals surface area contributed by atoms with Gasteiger partial charge in [-0.05, 0) is 49.4 Å². The smallest absolute Gasteiger partial charge is 0.264 e. The predicted octanol–water partition coefficient (Wildman–Crippen LogP) is 3.39. The Bertz CT molecular complexity index is 1050. The summed E-state index contributed by atoms with van der Waals surface area (Å²) in [6, 6.07) is 18.5. The van der Waals surface area contributed by atoms with E-state index in [1.807, 2.05) is 19.1 Å². The van der Waals surface area contributed by atoms with Crippen LogP contribution in [-0.2, 0) is 14.8 Å². The van der Waals surface area contributed by atoms with E-state index in [2.05, 4.69) is 10.6 Å². The van der Waals surface area contributed by atoms with Crippen molar-refractivity contribution in [3.63, 3.8) is 0 Å². The van der Waals surface area contributed by atoms with Crippen LogP contribution in [-0.4, -0.2) is 27.9 Å². The highest BCUT2D eigenvalue weighted by atomic mass is 32.2. The number of nitrogens with zero attached hydrogens (tertiary/aromatic N) is 1. The van der Waals surface area contributed by atoms with Gasteiger partial charge in [0, 0.05) is 12.7 Å². The molecule has 7 nitrogen and oxygen atoms in total. The molecule has 0 fully saturated rings. The molecule has 0 saturated carbocycles. The molecule has 29 heavy (non-hydrogen) atoms.